The fraction of sp³-hybridized carbons (Fsp3) is 0.800. The van der Waals surface area contributed by atoms with E-state index in [1.54, 1.807) is 0 Å². The molecule has 1 aromatic heterocycles. The van der Waals surface area contributed by atoms with Crippen LogP contribution in [-0.2, 0) is 21.5 Å². The fourth-order valence-corrected chi connectivity index (χ4v) is 3.84. The maximum Gasteiger partial charge on any atom is 0.227 e. The Balaban J connectivity index is 1.96. The summed E-state index contributed by atoms with van der Waals surface area (Å²) in [4.78, 5) is 28.5. The first-order valence-corrected chi connectivity index (χ1v) is 10.6. The SMILES string of the molecule is CCCCC(CN)NC(=O)CCc1nc(C2(NC(C)=O)CCCCCC2)no1. The number of nitrogens with one attached hydrogen (secondary N) is 2. The average Bonchev–Trinajstić information content (AvgIpc) is 3.03. The number of rotatable bonds is 10. The van der Waals surface area contributed by atoms with Crippen LogP contribution in [0, 0.1) is 0 Å². The summed E-state index contributed by atoms with van der Waals surface area (Å²) in [5.74, 6) is 0.810. The van der Waals surface area contributed by atoms with Crippen LogP contribution in [-0.4, -0.2) is 34.5 Å². The minimum Gasteiger partial charge on any atom is -0.352 e. The minimum absolute atomic E-state index is 0.0136. The van der Waals surface area contributed by atoms with Gasteiger partial charge >= 0.3 is 0 Å². The van der Waals surface area contributed by atoms with Crippen LogP contribution in [0.4, 0.5) is 0 Å². The van der Waals surface area contributed by atoms with Crippen molar-refractivity contribution in [3.63, 3.8) is 0 Å². The number of unbranched alkanes of at least 4 members (excludes halogenated alkanes) is 1. The van der Waals surface area contributed by atoms with Crippen LogP contribution in [0.5, 0.6) is 0 Å². The van der Waals surface area contributed by atoms with E-state index in [4.69, 9.17) is 10.3 Å². The third-order valence-electron chi connectivity index (χ3n) is 5.39. The molecule has 1 saturated carbocycles. The standard InChI is InChI=1S/C20H35N5O3/c1-3-4-9-16(14-21)22-17(27)10-11-18-23-19(25-28-18)20(24-15(2)26)12-7-5-6-8-13-20/h16H,3-14,21H2,1-2H3,(H,22,27)(H,24,26). The second-order valence-corrected chi connectivity index (χ2v) is 7.83. The normalized spacial score (nSPS) is 17.5. The van der Waals surface area contributed by atoms with Crippen LogP contribution in [0.2, 0.25) is 0 Å². The summed E-state index contributed by atoms with van der Waals surface area (Å²) < 4.78 is 5.39. The molecular weight excluding hydrogens is 358 g/mol. The molecular formula is C20H35N5O3. The van der Waals surface area contributed by atoms with Crippen molar-refractivity contribution in [2.24, 2.45) is 5.73 Å². The van der Waals surface area contributed by atoms with Gasteiger partial charge in [0.2, 0.25) is 17.7 Å². The number of carbonyl (C=O) groups excluding carboxylic acids is 2. The van der Waals surface area contributed by atoms with Gasteiger partial charge in [-0.2, -0.15) is 4.98 Å². The number of aromatic nitrogens is 2. The lowest BCUT2D eigenvalue weighted by Gasteiger charge is -2.30. The Morgan fingerprint density at radius 3 is 2.57 bits per heavy atom. The molecule has 0 bridgehead atoms. The van der Waals surface area contributed by atoms with Gasteiger partial charge < -0.3 is 20.9 Å². The Hall–Kier alpha value is -1.96. The summed E-state index contributed by atoms with van der Waals surface area (Å²) in [7, 11) is 0. The highest BCUT2D eigenvalue weighted by Gasteiger charge is 2.38. The van der Waals surface area contributed by atoms with E-state index in [0.717, 1.165) is 57.8 Å². The van der Waals surface area contributed by atoms with E-state index in [-0.39, 0.29) is 24.3 Å². The lowest BCUT2D eigenvalue weighted by Crippen LogP contribution is -2.45. The van der Waals surface area contributed by atoms with Crippen LogP contribution in [0.1, 0.15) is 89.8 Å². The molecule has 1 heterocycles. The van der Waals surface area contributed by atoms with Crippen LogP contribution in [0.25, 0.3) is 0 Å². The van der Waals surface area contributed by atoms with Crippen molar-refractivity contribution in [3.05, 3.63) is 11.7 Å². The number of aryl methyl sites for hydroxylation is 1. The first-order chi connectivity index (χ1) is 13.5. The molecule has 1 aromatic rings. The molecule has 8 heteroatoms. The summed E-state index contributed by atoms with van der Waals surface area (Å²) in [6.07, 6.45) is 9.60. The zero-order valence-electron chi connectivity index (χ0n) is 17.3. The smallest absolute Gasteiger partial charge is 0.227 e. The lowest BCUT2D eigenvalue weighted by atomic mass is 9.89. The Labute approximate surface area is 167 Å². The number of hydrogen-bond donors (Lipinski definition) is 3. The number of carbonyl (C=O) groups is 2. The van der Waals surface area contributed by atoms with Gasteiger partial charge in [0.25, 0.3) is 0 Å². The van der Waals surface area contributed by atoms with Crippen molar-refractivity contribution in [2.75, 3.05) is 6.54 Å². The summed E-state index contributed by atoms with van der Waals surface area (Å²) in [6.45, 7) is 4.07. The van der Waals surface area contributed by atoms with Crippen molar-refractivity contribution < 1.29 is 14.1 Å². The largest absolute Gasteiger partial charge is 0.352 e. The zero-order chi connectivity index (χ0) is 20.4. The molecule has 2 amide bonds. The first kappa shape index (κ1) is 22.3. The van der Waals surface area contributed by atoms with Crippen molar-refractivity contribution in [2.45, 2.75) is 96.1 Å². The summed E-state index contributed by atoms with van der Waals surface area (Å²) in [5, 5.41) is 10.2. The van der Waals surface area contributed by atoms with Gasteiger partial charge in [-0.25, -0.2) is 0 Å². The fourth-order valence-electron chi connectivity index (χ4n) is 3.84. The lowest BCUT2D eigenvalue weighted by molar-refractivity contribution is -0.122. The van der Waals surface area contributed by atoms with Gasteiger partial charge in [-0.15, -0.1) is 0 Å². The van der Waals surface area contributed by atoms with Crippen LogP contribution < -0.4 is 16.4 Å². The summed E-state index contributed by atoms with van der Waals surface area (Å²) >= 11 is 0. The maximum absolute atomic E-state index is 12.2. The van der Waals surface area contributed by atoms with Crippen molar-refractivity contribution in [1.82, 2.24) is 20.8 Å². The Morgan fingerprint density at radius 2 is 1.96 bits per heavy atom. The molecule has 158 valence electrons. The third kappa shape index (κ3) is 6.58. The van der Waals surface area contributed by atoms with Gasteiger partial charge in [0.05, 0.1) is 0 Å². The Morgan fingerprint density at radius 1 is 1.25 bits per heavy atom. The second-order valence-electron chi connectivity index (χ2n) is 7.83. The van der Waals surface area contributed by atoms with Gasteiger partial charge in [0, 0.05) is 32.4 Å². The molecule has 1 fully saturated rings. The van der Waals surface area contributed by atoms with Gasteiger partial charge in [0.1, 0.15) is 5.54 Å². The summed E-state index contributed by atoms with van der Waals surface area (Å²) in [6, 6.07) is 0.0136. The molecule has 1 atom stereocenters. The molecule has 28 heavy (non-hydrogen) atoms. The molecule has 0 radical (unpaired) electrons. The minimum atomic E-state index is -0.558. The number of nitrogens with two attached hydrogens (primary N) is 1. The number of hydrogen-bond acceptors (Lipinski definition) is 6. The highest BCUT2D eigenvalue weighted by atomic mass is 16.5. The molecule has 0 saturated heterocycles. The molecule has 0 aliphatic heterocycles. The number of amides is 2. The van der Waals surface area contributed by atoms with Crippen molar-refractivity contribution >= 4 is 11.8 Å². The van der Waals surface area contributed by atoms with Gasteiger partial charge in [-0.3, -0.25) is 9.59 Å². The molecule has 0 spiro atoms. The van der Waals surface area contributed by atoms with E-state index in [1.165, 1.54) is 6.92 Å². The van der Waals surface area contributed by atoms with E-state index < -0.39 is 5.54 Å². The highest BCUT2D eigenvalue weighted by molar-refractivity contribution is 5.76. The van der Waals surface area contributed by atoms with Gasteiger partial charge in [0.15, 0.2) is 5.82 Å². The number of nitrogens with zero attached hydrogens (tertiary/aromatic N) is 2. The molecule has 0 aromatic carbocycles. The second kappa shape index (κ2) is 11.1. The van der Waals surface area contributed by atoms with Crippen LogP contribution in [0.15, 0.2) is 4.52 Å². The predicted molar refractivity (Wildman–Crippen MR) is 106 cm³/mol. The van der Waals surface area contributed by atoms with Crippen molar-refractivity contribution in [3.8, 4) is 0 Å². The Kier molecular flexibility index (Phi) is 8.89. The van der Waals surface area contributed by atoms with E-state index in [1.807, 2.05) is 0 Å². The Bertz CT molecular complexity index is 623. The maximum atomic E-state index is 12.2. The molecule has 1 unspecified atom stereocenters. The van der Waals surface area contributed by atoms with Crippen LogP contribution >= 0.6 is 0 Å². The third-order valence-corrected chi connectivity index (χ3v) is 5.39. The van der Waals surface area contributed by atoms with Crippen molar-refractivity contribution in [1.29, 1.82) is 0 Å². The topological polar surface area (TPSA) is 123 Å². The van der Waals surface area contributed by atoms with E-state index >= 15 is 0 Å². The predicted octanol–water partition coefficient (Wildman–Crippen LogP) is 2.32. The molecule has 2 rings (SSSR count). The monoisotopic (exact) mass is 393 g/mol. The quantitative estimate of drug-likeness (QED) is 0.524. The van der Waals surface area contributed by atoms with E-state index in [2.05, 4.69) is 27.7 Å². The highest BCUT2D eigenvalue weighted by Crippen LogP contribution is 2.34. The summed E-state index contributed by atoms with van der Waals surface area (Å²) in [5.41, 5.74) is 5.17. The van der Waals surface area contributed by atoms with Crippen LogP contribution in [0.3, 0.4) is 0 Å². The zero-order valence-corrected chi connectivity index (χ0v) is 17.3. The van der Waals surface area contributed by atoms with Gasteiger partial charge in [-0.05, 0) is 19.3 Å². The molecule has 8 nitrogen and oxygen atoms in total. The molecule has 4 N–H and O–H groups in total. The van der Waals surface area contributed by atoms with E-state index in [0.29, 0.717) is 24.7 Å². The molecule has 1 aliphatic carbocycles. The van der Waals surface area contributed by atoms with Gasteiger partial charge in [-0.1, -0.05) is 50.6 Å². The average molecular weight is 394 g/mol. The van der Waals surface area contributed by atoms with E-state index in [9.17, 15) is 9.59 Å². The first-order valence-electron chi connectivity index (χ1n) is 10.6. The molecule has 1 aliphatic rings.